The summed E-state index contributed by atoms with van der Waals surface area (Å²) in [7, 11) is 0. The van der Waals surface area contributed by atoms with Gasteiger partial charge in [-0.1, -0.05) is 35.8 Å². The maximum absolute atomic E-state index is 11.8. The summed E-state index contributed by atoms with van der Waals surface area (Å²) in [6.07, 6.45) is 0. The Balaban J connectivity index is 2.44. The van der Waals surface area contributed by atoms with E-state index in [1.807, 2.05) is 26.8 Å². The summed E-state index contributed by atoms with van der Waals surface area (Å²) in [5.74, 6) is -0.0667. The zero-order valence-corrected chi connectivity index (χ0v) is 13.0. The molecule has 0 aromatic heterocycles. The SMILES string of the molecule is CC(C)C(C)NC(=O)CNC(=O)c1cccc(Br)c1. The molecule has 0 fully saturated rings. The van der Waals surface area contributed by atoms with Gasteiger partial charge in [-0.2, -0.15) is 0 Å². The molecule has 1 atom stereocenters. The summed E-state index contributed by atoms with van der Waals surface area (Å²) >= 11 is 3.30. The minimum Gasteiger partial charge on any atom is -0.352 e. The molecule has 1 unspecified atom stereocenters. The van der Waals surface area contributed by atoms with Gasteiger partial charge < -0.3 is 10.6 Å². The monoisotopic (exact) mass is 326 g/mol. The van der Waals surface area contributed by atoms with Crippen molar-refractivity contribution in [2.45, 2.75) is 26.8 Å². The van der Waals surface area contributed by atoms with Crippen molar-refractivity contribution in [3.8, 4) is 0 Å². The van der Waals surface area contributed by atoms with E-state index in [9.17, 15) is 9.59 Å². The number of amides is 2. The molecule has 2 N–H and O–H groups in total. The molecular weight excluding hydrogens is 308 g/mol. The van der Waals surface area contributed by atoms with Crippen LogP contribution in [0.5, 0.6) is 0 Å². The van der Waals surface area contributed by atoms with Gasteiger partial charge in [0.2, 0.25) is 5.91 Å². The number of hydrogen-bond acceptors (Lipinski definition) is 2. The van der Waals surface area contributed by atoms with E-state index in [0.29, 0.717) is 11.5 Å². The van der Waals surface area contributed by atoms with Crippen molar-refractivity contribution < 1.29 is 9.59 Å². The first kappa shape index (κ1) is 15.7. The molecule has 19 heavy (non-hydrogen) atoms. The number of carbonyl (C=O) groups excluding carboxylic acids is 2. The van der Waals surface area contributed by atoms with Gasteiger partial charge in [0.25, 0.3) is 5.91 Å². The van der Waals surface area contributed by atoms with Gasteiger partial charge in [0, 0.05) is 16.1 Å². The van der Waals surface area contributed by atoms with E-state index in [2.05, 4.69) is 26.6 Å². The average molecular weight is 327 g/mol. The highest BCUT2D eigenvalue weighted by Gasteiger charge is 2.12. The van der Waals surface area contributed by atoms with Gasteiger partial charge in [-0.05, 0) is 31.0 Å². The first-order valence-corrected chi connectivity index (χ1v) is 7.02. The van der Waals surface area contributed by atoms with Crippen molar-refractivity contribution in [2.75, 3.05) is 6.54 Å². The summed E-state index contributed by atoms with van der Waals surface area (Å²) < 4.78 is 0.832. The van der Waals surface area contributed by atoms with Crippen LogP contribution in [0.1, 0.15) is 31.1 Å². The Morgan fingerprint density at radius 1 is 1.26 bits per heavy atom. The first-order chi connectivity index (χ1) is 8.90. The molecule has 0 saturated carbocycles. The number of halogens is 1. The second kappa shape index (κ2) is 7.28. The lowest BCUT2D eigenvalue weighted by atomic mass is 10.1. The summed E-state index contributed by atoms with van der Waals surface area (Å²) in [5.41, 5.74) is 0.527. The van der Waals surface area contributed by atoms with Crippen molar-refractivity contribution in [3.63, 3.8) is 0 Å². The lowest BCUT2D eigenvalue weighted by Crippen LogP contribution is -2.42. The van der Waals surface area contributed by atoms with E-state index >= 15 is 0 Å². The lowest BCUT2D eigenvalue weighted by molar-refractivity contribution is -0.121. The molecule has 0 heterocycles. The largest absolute Gasteiger partial charge is 0.352 e. The molecule has 1 aromatic rings. The van der Waals surface area contributed by atoms with Crippen LogP contribution in [-0.4, -0.2) is 24.4 Å². The number of nitrogens with one attached hydrogen (secondary N) is 2. The molecule has 104 valence electrons. The highest BCUT2D eigenvalue weighted by Crippen LogP contribution is 2.11. The van der Waals surface area contributed by atoms with Crippen molar-refractivity contribution in [2.24, 2.45) is 5.92 Å². The molecule has 0 spiro atoms. The van der Waals surface area contributed by atoms with Crippen LogP contribution in [-0.2, 0) is 4.79 Å². The Kier molecular flexibility index (Phi) is 6.02. The molecule has 5 heteroatoms. The summed E-state index contributed by atoms with van der Waals surface area (Å²) in [4.78, 5) is 23.4. The molecular formula is C14H19BrN2O2. The predicted molar refractivity (Wildman–Crippen MR) is 78.9 cm³/mol. The summed E-state index contributed by atoms with van der Waals surface area (Å²) in [5, 5.41) is 5.43. The van der Waals surface area contributed by atoms with Gasteiger partial charge in [-0.25, -0.2) is 0 Å². The Bertz CT molecular complexity index is 461. The van der Waals surface area contributed by atoms with E-state index in [1.54, 1.807) is 18.2 Å². The Hall–Kier alpha value is -1.36. The van der Waals surface area contributed by atoms with Crippen LogP contribution in [0.2, 0.25) is 0 Å². The molecule has 0 radical (unpaired) electrons. The van der Waals surface area contributed by atoms with E-state index in [4.69, 9.17) is 0 Å². The van der Waals surface area contributed by atoms with Crippen molar-refractivity contribution in [1.82, 2.24) is 10.6 Å². The number of rotatable bonds is 5. The lowest BCUT2D eigenvalue weighted by Gasteiger charge is -2.17. The quantitative estimate of drug-likeness (QED) is 0.872. The van der Waals surface area contributed by atoms with E-state index in [0.717, 1.165) is 4.47 Å². The van der Waals surface area contributed by atoms with Crippen LogP contribution in [0.25, 0.3) is 0 Å². The minimum absolute atomic E-state index is 0.0115. The Morgan fingerprint density at radius 2 is 1.95 bits per heavy atom. The maximum Gasteiger partial charge on any atom is 0.251 e. The molecule has 0 aliphatic carbocycles. The van der Waals surface area contributed by atoms with Gasteiger partial charge in [-0.3, -0.25) is 9.59 Å². The van der Waals surface area contributed by atoms with Crippen LogP contribution in [0.15, 0.2) is 28.7 Å². The van der Waals surface area contributed by atoms with Gasteiger partial charge in [0.05, 0.1) is 6.54 Å². The molecule has 4 nitrogen and oxygen atoms in total. The van der Waals surface area contributed by atoms with E-state index in [-0.39, 0.29) is 24.4 Å². The normalized spacial score (nSPS) is 12.1. The van der Waals surface area contributed by atoms with Crippen LogP contribution in [0, 0.1) is 5.92 Å². The molecule has 1 aromatic carbocycles. The molecule has 1 rings (SSSR count). The second-order valence-corrected chi connectivity index (χ2v) is 5.71. The smallest absolute Gasteiger partial charge is 0.251 e. The number of carbonyl (C=O) groups is 2. The molecule has 0 aliphatic rings. The van der Waals surface area contributed by atoms with Crippen LogP contribution in [0.3, 0.4) is 0 Å². The third kappa shape index (κ3) is 5.42. The fourth-order valence-electron chi connectivity index (χ4n) is 1.36. The second-order valence-electron chi connectivity index (χ2n) is 4.79. The zero-order chi connectivity index (χ0) is 14.4. The predicted octanol–water partition coefficient (Wildman–Crippen LogP) is 2.34. The van der Waals surface area contributed by atoms with Crippen molar-refractivity contribution in [1.29, 1.82) is 0 Å². The number of benzene rings is 1. The van der Waals surface area contributed by atoms with Crippen molar-refractivity contribution >= 4 is 27.7 Å². The molecule has 2 amide bonds. The Morgan fingerprint density at radius 3 is 2.53 bits per heavy atom. The maximum atomic E-state index is 11.8. The standard InChI is InChI=1S/C14H19BrN2O2/c1-9(2)10(3)17-13(18)8-16-14(19)11-5-4-6-12(15)7-11/h4-7,9-10H,8H2,1-3H3,(H,16,19)(H,17,18). The zero-order valence-electron chi connectivity index (χ0n) is 11.4. The number of hydrogen-bond donors (Lipinski definition) is 2. The molecule has 0 saturated heterocycles. The van der Waals surface area contributed by atoms with Gasteiger partial charge in [-0.15, -0.1) is 0 Å². The molecule has 0 bridgehead atoms. The first-order valence-electron chi connectivity index (χ1n) is 6.23. The topological polar surface area (TPSA) is 58.2 Å². The van der Waals surface area contributed by atoms with E-state index in [1.165, 1.54) is 0 Å². The highest BCUT2D eigenvalue weighted by atomic mass is 79.9. The van der Waals surface area contributed by atoms with Crippen molar-refractivity contribution in [3.05, 3.63) is 34.3 Å². The molecule has 0 aliphatic heterocycles. The fourth-order valence-corrected chi connectivity index (χ4v) is 1.76. The van der Waals surface area contributed by atoms with Gasteiger partial charge in [0.1, 0.15) is 0 Å². The third-order valence-corrected chi connectivity index (χ3v) is 3.38. The van der Waals surface area contributed by atoms with Crippen LogP contribution >= 0.6 is 15.9 Å². The van der Waals surface area contributed by atoms with Gasteiger partial charge in [0.15, 0.2) is 0 Å². The minimum atomic E-state index is -0.256. The average Bonchev–Trinajstić information content (AvgIpc) is 2.35. The summed E-state index contributed by atoms with van der Waals surface area (Å²) in [6.45, 7) is 6.00. The van der Waals surface area contributed by atoms with Crippen LogP contribution in [0.4, 0.5) is 0 Å². The van der Waals surface area contributed by atoms with E-state index < -0.39 is 0 Å². The Labute approximate surface area is 122 Å². The van der Waals surface area contributed by atoms with Gasteiger partial charge >= 0.3 is 0 Å². The fraction of sp³-hybridized carbons (Fsp3) is 0.429. The highest BCUT2D eigenvalue weighted by molar-refractivity contribution is 9.10. The van der Waals surface area contributed by atoms with Crippen LogP contribution < -0.4 is 10.6 Å². The third-order valence-electron chi connectivity index (χ3n) is 2.88. The summed E-state index contributed by atoms with van der Waals surface area (Å²) in [6, 6.07) is 7.13.